The number of nitrogen functional groups attached to an aromatic ring is 3. The minimum Gasteiger partial charge on any atom is -0.399 e. The fourth-order valence-corrected chi connectivity index (χ4v) is 12.5. The summed E-state index contributed by atoms with van der Waals surface area (Å²) >= 11 is 10.2. The van der Waals surface area contributed by atoms with E-state index in [-0.39, 0.29) is 95.9 Å². The molecule has 11 aromatic rings. The maximum absolute atomic E-state index is 11.8. The molecular formula is C115H167Cl2LiN10O8. The predicted molar refractivity (Wildman–Crippen MR) is 582 cm³/mol. The Bertz CT molecular complexity index is 5370. The van der Waals surface area contributed by atoms with Crippen LogP contribution >= 0.6 is 23.2 Å². The van der Waals surface area contributed by atoms with Crippen LogP contribution in [0.1, 0.15) is 279 Å². The Morgan fingerprint density at radius 2 is 0.699 bits per heavy atom. The van der Waals surface area contributed by atoms with Gasteiger partial charge < -0.3 is 50.0 Å². The summed E-state index contributed by atoms with van der Waals surface area (Å²) in [6, 6.07) is 70.5. The summed E-state index contributed by atoms with van der Waals surface area (Å²) in [7, 11) is 0. The number of fused-ring (bicyclic) bond motifs is 5. The van der Waals surface area contributed by atoms with Crippen molar-refractivity contribution in [3.63, 3.8) is 0 Å². The van der Waals surface area contributed by atoms with Crippen molar-refractivity contribution in [2.75, 3.05) is 33.2 Å². The SMILES string of the molecule is C.CC(C)(C)C(=O)Cl.CC(C)(C)C(=O)Cl.CC(C)(C)C1Cc2ccc(N)cc2N1.CC(C)(C)C1Cc2ccc([N+](=O)[O-])cc2N1.CC(C)(C)C1Cc2ccccc2N1.CC(C)(C)c1cc2ccc([N+](=O)[O-])cc2[nH]1.CC(C)(C)c1cc2ccccc2[nH]1.Cc1ccccc1CC(=O)C(C)(C)C.Cc1ccccc1CC(=O)C(C)(C)C.Cc1ccccc1N.Cc1ccccc1N.[2H][2H].[CH2-]CCC.[Li+]. The van der Waals surface area contributed by atoms with Crippen molar-refractivity contribution in [3.05, 3.63) is 301 Å². The quantitative estimate of drug-likeness (QED) is 0.0184. The van der Waals surface area contributed by atoms with Crippen molar-refractivity contribution in [1.29, 1.82) is 0 Å². The summed E-state index contributed by atoms with van der Waals surface area (Å²) in [6.45, 7) is 69.4. The summed E-state index contributed by atoms with van der Waals surface area (Å²) in [5.41, 5.74) is 38.3. The molecule has 0 bridgehead atoms. The zero-order valence-corrected chi connectivity index (χ0v) is 89.3. The van der Waals surface area contributed by atoms with Crippen LogP contribution in [-0.4, -0.2) is 60.0 Å². The normalized spacial score (nSPS) is 13.8. The molecule has 2 aromatic heterocycles. The van der Waals surface area contributed by atoms with E-state index in [2.05, 4.69) is 204 Å². The molecule has 3 atom stereocenters. The summed E-state index contributed by atoms with van der Waals surface area (Å²) in [5, 5.41) is 33.5. The molecule has 21 heteroatoms. The second kappa shape index (κ2) is 54.6. The molecule has 3 aliphatic rings. The molecular weight excluding hydrogens is 1730 g/mol. The number of nitro groups is 2. The molecule has 0 saturated carbocycles. The first-order valence-electron chi connectivity index (χ1n) is 47.5. The Morgan fingerprint density at radius 1 is 0.397 bits per heavy atom. The molecule has 0 spiro atoms. The molecule has 3 aliphatic heterocycles. The first-order chi connectivity index (χ1) is 62.6. The molecule has 18 nitrogen and oxygen atoms in total. The Labute approximate surface area is 842 Å². The Balaban J connectivity index is 0.00000150. The number of hydrogen-bond donors (Lipinski definition) is 8. The van der Waals surface area contributed by atoms with Crippen molar-refractivity contribution in [2.24, 2.45) is 37.9 Å². The van der Waals surface area contributed by atoms with Gasteiger partial charge in [0.25, 0.3) is 11.4 Å². The number of anilines is 6. The third-order valence-electron chi connectivity index (χ3n) is 22.6. The van der Waals surface area contributed by atoms with Gasteiger partial charge in [-0.25, -0.2) is 0 Å². The van der Waals surface area contributed by atoms with Crippen molar-refractivity contribution in [1.82, 2.24) is 9.97 Å². The first kappa shape index (κ1) is 122. The van der Waals surface area contributed by atoms with Gasteiger partial charge in [0.15, 0.2) is 0 Å². The number of hydrogen-bond acceptors (Lipinski definition) is 14. The fraction of sp³-hybridized carbons (Fsp3) is 0.452. The molecule has 0 saturated heterocycles. The average Bonchev–Trinajstić information content (AvgIpc) is 1.67. The molecule has 740 valence electrons. The van der Waals surface area contributed by atoms with Gasteiger partial charge in [-0.15, -0.1) is 0 Å². The number of para-hydroxylation sites is 4. The number of nitrogens with zero attached hydrogens (tertiary/aromatic N) is 2. The van der Waals surface area contributed by atoms with Gasteiger partial charge >= 0.3 is 18.9 Å². The third-order valence-corrected chi connectivity index (χ3v) is 23.8. The van der Waals surface area contributed by atoms with Crippen LogP contribution in [0.25, 0.3) is 21.8 Å². The maximum Gasteiger partial charge on any atom is 1.00 e. The number of rotatable bonds is 7. The fourth-order valence-electron chi connectivity index (χ4n) is 12.5. The molecule has 3 unspecified atom stereocenters. The summed E-state index contributed by atoms with van der Waals surface area (Å²) in [6.07, 6.45) is 6.60. The molecule has 136 heavy (non-hydrogen) atoms. The number of aromatic amines is 2. The van der Waals surface area contributed by atoms with Gasteiger partial charge in [-0.2, -0.15) is 6.42 Å². The van der Waals surface area contributed by atoms with Gasteiger partial charge in [0, 0.05) is 147 Å². The molecule has 9 aromatic carbocycles. The van der Waals surface area contributed by atoms with E-state index in [4.69, 9.17) is 43.4 Å². The van der Waals surface area contributed by atoms with Gasteiger partial charge in [-0.05, 0) is 196 Å². The van der Waals surface area contributed by atoms with Gasteiger partial charge in [-0.3, -0.25) is 39.4 Å². The number of aromatic nitrogens is 2. The van der Waals surface area contributed by atoms with Crippen LogP contribution in [-0.2, 0) is 62.1 Å². The number of Topliss-reactive ketones (excluding diaryl/α,β-unsaturated/α-hetero) is 2. The zero-order chi connectivity index (χ0) is 104. The van der Waals surface area contributed by atoms with E-state index in [0.717, 1.165) is 80.9 Å². The maximum atomic E-state index is 11.8. The van der Waals surface area contributed by atoms with E-state index in [9.17, 15) is 39.4 Å². The zero-order valence-electron chi connectivity index (χ0n) is 89.7. The van der Waals surface area contributed by atoms with Crippen LogP contribution in [0.2, 0.25) is 0 Å². The third kappa shape index (κ3) is 43.9. The number of ketones is 2. The standard InChI is InChI=1S/2C13H18O.C12H16N2O2.C12H14N2O2.C12H18N2.C12H17N.C12H15N.2C7H9N.2C5H9ClO.C4H9.CH4.Li.H2/c2*1-10-7-5-6-8-11(10)9-12(14)13(2,3)4;2*1-12(2,3)11-6-8-4-5-9(14(15)16)7-10(8)13-11;1-12(2,3)11-6-8-4-5-9(13)7-10(8)14-11;2*1-12(2,3)11-8-9-6-4-5-7-10(9)13-11;2*1-6-4-2-3-5-7(6)8;2*1-5(2,3)4(6)7;1-3-4-2;;;/h2*5-8H,9H2,1-4H3;4-5,7,11,13H,6H2,1-3H3;4-7,13H,1-3H3;4-5,7,11,14H,6,13H2,1-3H3;4-7,11,13H,8H2,1-3H3;4-8,13H,1-3H3;2*2-5H,8H2,1H3;2*1-3H3;1,3-4H2,2H3;1H4;;1H/q;;;;;;;;;;;-1;;+1;/i;;;;;;;;;;;;;;1+1D. The van der Waals surface area contributed by atoms with Gasteiger partial charge in [0.2, 0.25) is 10.5 Å². The second-order valence-electron chi connectivity index (χ2n) is 44.1. The number of H-pyrrole nitrogens is 2. The Hall–Kier alpha value is -10.5. The van der Waals surface area contributed by atoms with Crippen molar-refractivity contribution < 1.29 is 50.9 Å². The van der Waals surface area contributed by atoms with E-state index in [1.165, 1.54) is 74.7 Å². The molecule has 0 aliphatic carbocycles. The summed E-state index contributed by atoms with van der Waals surface area (Å²) in [5.74, 6) is 0.596. The second-order valence-corrected chi connectivity index (χ2v) is 44.8. The van der Waals surface area contributed by atoms with E-state index >= 15 is 0 Å². The number of benzene rings is 9. The number of nitrogens with two attached hydrogens (primary N) is 3. The topological polar surface area (TPSA) is 300 Å². The Kier molecular flexibility index (Phi) is 48.8. The molecule has 0 radical (unpaired) electrons. The van der Waals surface area contributed by atoms with Crippen LogP contribution in [0, 0.1) is 92.8 Å². The number of nitrogens with one attached hydrogen (secondary N) is 5. The van der Waals surface area contributed by atoms with E-state index in [0.29, 0.717) is 53.4 Å². The number of carbonyl (C=O) groups is 4. The van der Waals surface area contributed by atoms with Gasteiger partial charge in [0.1, 0.15) is 11.6 Å². The van der Waals surface area contributed by atoms with Gasteiger partial charge in [0.05, 0.1) is 15.4 Å². The van der Waals surface area contributed by atoms with Crippen molar-refractivity contribution >= 4 is 113 Å². The number of nitro benzene ring substituents is 2. The number of carbonyl (C=O) groups excluding carboxylic acids is 4. The number of non-ortho nitro benzene ring substituents is 2. The number of halogens is 2. The number of aryl methyl sites for hydroxylation is 4. The largest absolute Gasteiger partial charge is 1.00 e. The van der Waals surface area contributed by atoms with Crippen LogP contribution in [0.5, 0.6) is 0 Å². The van der Waals surface area contributed by atoms with Crippen LogP contribution < -0.4 is 52.0 Å². The summed E-state index contributed by atoms with van der Waals surface area (Å²) < 4.78 is 10.0. The van der Waals surface area contributed by atoms with Crippen LogP contribution in [0.3, 0.4) is 0 Å². The molecule has 14 rings (SSSR count). The van der Waals surface area contributed by atoms with E-state index < -0.39 is 0 Å². The smallest absolute Gasteiger partial charge is 0.399 e. The van der Waals surface area contributed by atoms with Crippen molar-refractivity contribution in [2.45, 2.75) is 303 Å². The van der Waals surface area contributed by atoms with Crippen LogP contribution in [0.4, 0.5) is 45.5 Å². The van der Waals surface area contributed by atoms with Crippen molar-refractivity contribution in [3.8, 4) is 0 Å². The average molecular weight is 1900 g/mol. The van der Waals surface area contributed by atoms with Gasteiger partial charge in [-0.1, -0.05) is 341 Å². The first-order valence-corrected chi connectivity index (χ1v) is 47.2. The summed E-state index contributed by atoms with van der Waals surface area (Å²) in [4.78, 5) is 71.3. The Morgan fingerprint density at radius 3 is 1.02 bits per heavy atom. The molecule has 11 N–H and O–H groups in total. The van der Waals surface area contributed by atoms with Crippen LogP contribution in [0.15, 0.2) is 212 Å². The monoisotopic (exact) mass is 1900 g/mol. The number of unbranched alkanes of at least 4 members (excludes halogenated alkanes) is 1. The minimum atomic E-state index is -0.378. The minimum absolute atomic E-state index is 0. The van der Waals surface area contributed by atoms with E-state index in [1.54, 1.807) is 65.8 Å². The van der Waals surface area contributed by atoms with E-state index in [1.807, 2.05) is 191 Å². The molecule has 5 heterocycles. The molecule has 0 fully saturated rings. The molecule has 0 amide bonds. The predicted octanol–water partition coefficient (Wildman–Crippen LogP) is 28.1.